The number of carbonyl (C=O) groups is 2. The van der Waals surface area contributed by atoms with Crippen molar-refractivity contribution in [2.24, 2.45) is 0 Å². The molecule has 2 amide bonds. The van der Waals surface area contributed by atoms with Gasteiger partial charge in [0.15, 0.2) is 0 Å². The maximum Gasteiger partial charge on any atom is 0.244 e. The average molecular weight is 280 g/mol. The highest BCUT2D eigenvalue weighted by atomic mass is 32.1. The molecule has 19 heavy (non-hydrogen) atoms. The van der Waals surface area contributed by atoms with Crippen molar-refractivity contribution >= 4 is 29.2 Å². The summed E-state index contributed by atoms with van der Waals surface area (Å²) in [5.41, 5.74) is 0. The fourth-order valence-corrected chi connectivity index (χ4v) is 2.14. The van der Waals surface area contributed by atoms with Crippen LogP contribution in [0.4, 0.5) is 0 Å². The molecule has 0 saturated carbocycles. The van der Waals surface area contributed by atoms with Crippen molar-refractivity contribution in [2.45, 2.75) is 25.7 Å². The third kappa shape index (κ3) is 7.41. The molecule has 0 unspecified atom stereocenters. The molecule has 0 aromatic carbocycles. The summed E-state index contributed by atoms with van der Waals surface area (Å²) in [5.74, 6) is 0.00242. The van der Waals surface area contributed by atoms with Gasteiger partial charge in [0.1, 0.15) is 0 Å². The molecule has 0 radical (unpaired) electrons. The summed E-state index contributed by atoms with van der Waals surface area (Å²) in [4.78, 5) is 23.5. The maximum absolute atomic E-state index is 11.5. The number of nitrogens with one attached hydrogen (secondary N) is 2. The molecule has 0 fully saturated rings. The third-order valence-electron chi connectivity index (χ3n) is 2.60. The van der Waals surface area contributed by atoms with Gasteiger partial charge in [-0.1, -0.05) is 12.5 Å². The van der Waals surface area contributed by atoms with Gasteiger partial charge in [-0.05, 0) is 30.4 Å². The Kier molecular flexibility index (Phi) is 7.58. The van der Waals surface area contributed by atoms with Crippen molar-refractivity contribution in [3.8, 4) is 0 Å². The molecular weight excluding hydrogens is 260 g/mol. The summed E-state index contributed by atoms with van der Waals surface area (Å²) in [6.07, 6.45) is 6.63. The number of unbranched alkanes of at least 4 members (excludes halogenated alkanes) is 2. The predicted octanol–water partition coefficient (Wildman–Crippen LogP) is 2.18. The Morgan fingerprint density at radius 2 is 2.16 bits per heavy atom. The van der Waals surface area contributed by atoms with Crippen LogP contribution in [0.2, 0.25) is 0 Å². The van der Waals surface area contributed by atoms with Gasteiger partial charge in [-0.2, -0.15) is 0 Å². The second-order valence-electron chi connectivity index (χ2n) is 4.12. The van der Waals surface area contributed by atoms with Crippen LogP contribution in [0.1, 0.15) is 30.6 Å². The van der Waals surface area contributed by atoms with Gasteiger partial charge >= 0.3 is 0 Å². The fraction of sp³-hybridized carbons (Fsp3) is 0.429. The van der Waals surface area contributed by atoms with Gasteiger partial charge in [-0.3, -0.25) is 9.59 Å². The number of amides is 2. The first kappa shape index (κ1) is 15.4. The zero-order valence-corrected chi connectivity index (χ0v) is 12.0. The molecule has 1 rings (SSSR count). The molecule has 104 valence electrons. The minimum atomic E-state index is -0.0697. The number of hydrogen-bond donors (Lipinski definition) is 2. The Morgan fingerprint density at radius 3 is 2.84 bits per heavy atom. The van der Waals surface area contributed by atoms with Gasteiger partial charge in [-0.25, -0.2) is 0 Å². The highest BCUT2D eigenvalue weighted by Crippen LogP contribution is 2.09. The smallest absolute Gasteiger partial charge is 0.244 e. The van der Waals surface area contributed by atoms with Crippen molar-refractivity contribution in [1.82, 2.24) is 10.6 Å². The Morgan fingerprint density at radius 1 is 1.32 bits per heavy atom. The summed E-state index contributed by atoms with van der Waals surface area (Å²) in [5, 5.41) is 7.39. The van der Waals surface area contributed by atoms with Crippen molar-refractivity contribution < 1.29 is 9.59 Å². The van der Waals surface area contributed by atoms with Crippen LogP contribution in [0.25, 0.3) is 6.08 Å². The van der Waals surface area contributed by atoms with Crippen molar-refractivity contribution in [3.63, 3.8) is 0 Å². The molecular formula is C14H20N2O2S. The Balaban J connectivity index is 2.03. The molecule has 0 aliphatic carbocycles. The summed E-state index contributed by atoms with van der Waals surface area (Å²) >= 11 is 1.60. The molecule has 2 N–H and O–H groups in total. The van der Waals surface area contributed by atoms with E-state index in [0.29, 0.717) is 13.0 Å². The van der Waals surface area contributed by atoms with E-state index in [1.807, 2.05) is 23.6 Å². The van der Waals surface area contributed by atoms with Gasteiger partial charge in [0, 0.05) is 31.0 Å². The van der Waals surface area contributed by atoms with Crippen molar-refractivity contribution in [2.75, 3.05) is 13.6 Å². The van der Waals surface area contributed by atoms with Gasteiger partial charge in [0.05, 0.1) is 0 Å². The lowest BCUT2D eigenvalue weighted by Crippen LogP contribution is -2.22. The number of rotatable bonds is 8. The summed E-state index contributed by atoms with van der Waals surface area (Å²) in [6, 6.07) is 3.92. The predicted molar refractivity (Wildman–Crippen MR) is 78.9 cm³/mol. The van der Waals surface area contributed by atoms with Crippen LogP contribution in [0.5, 0.6) is 0 Å². The lowest BCUT2D eigenvalue weighted by Gasteiger charge is -2.02. The molecule has 0 aliphatic rings. The lowest BCUT2D eigenvalue weighted by molar-refractivity contribution is -0.120. The van der Waals surface area contributed by atoms with Crippen LogP contribution < -0.4 is 10.6 Å². The van der Waals surface area contributed by atoms with Gasteiger partial charge < -0.3 is 10.6 Å². The third-order valence-corrected chi connectivity index (χ3v) is 3.44. The monoisotopic (exact) mass is 280 g/mol. The van der Waals surface area contributed by atoms with E-state index in [2.05, 4.69) is 10.6 Å². The first-order chi connectivity index (χ1) is 9.22. The zero-order chi connectivity index (χ0) is 13.9. The normalized spacial score (nSPS) is 10.6. The quantitative estimate of drug-likeness (QED) is 0.566. The standard InChI is InChI=1S/C14H20N2O2S/c1-15-13(17)7-3-2-4-10-16-14(18)9-8-12-6-5-11-19-12/h5-6,8-9,11H,2-4,7,10H2,1H3,(H,15,17)(H,16,18)/b9-8+. The molecule has 0 bridgehead atoms. The summed E-state index contributed by atoms with van der Waals surface area (Å²) in [6.45, 7) is 0.654. The van der Waals surface area contributed by atoms with E-state index in [1.165, 1.54) is 0 Å². The number of hydrogen-bond acceptors (Lipinski definition) is 3. The highest BCUT2D eigenvalue weighted by molar-refractivity contribution is 7.10. The minimum Gasteiger partial charge on any atom is -0.359 e. The Bertz CT molecular complexity index is 413. The fourth-order valence-electron chi connectivity index (χ4n) is 1.53. The second-order valence-corrected chi connectivity index (χ2v) is 5.10. The Hall–Kier alpha value is -1.62. The molecule has 0 atom stereocenters. The van der Waals surface area contributed by atoms with Crippen LogP contribution >= 0.6 is 11.3 Å². The van der Waals surface area contributed by atoms with Crippen LogP contribution in [-0.2, 0) is 9.59 Å². The molecule has 1 aromatic heterocycles. The molecule has 0 saturated heterocycles. The molecule has 0 spiro atoms. The second kappa shape index (κ2) is 9.33. The van der Waals surface area contributed by atoms with Crippen LogP contribution in [0.3, 0.4) is 0 Å². The first-order valence-electron chi connectivity index (χ1n) is 6.42. The van der Waals surface area contributed by atoms with E-state index in [9.17, 15) is 9.59 Å². The average Bonchev–Trinajstić information content (AvgIpc) is 2.93. The topological polar surface area (TPSA) is 58.2 Å². The van der Waals surface area contributed by atoms with E-state index in [4.69, 9.17) is 0 Å². The van der Waals surface area contributed by atoms with Gasteiger partial charge in [-0.15, -0.1) is 11.3 Å². The largest absolute Gasteiger partial charge is 0.359 e. The molecule has 0 aliphatic heterocycles. The molecule has 4 nitrogen and oxygen atoms in total. The van der Waals surface area contributed by atoms with E-state index >= 15 is 0 Å². The molecule has 1 aromatic rings. The molecule has 1 heterocycles. The SMILES string of the molecule is CNC(=O)CCCCCNC(=O)/C=C/c1cccs1. The van der Waals surface area contributed by atoms with E-state index < -0.39 is 0 Å². The van der Waals surface area contributed by atoms with Crippen LogP contribution in [0, 0.1) is 0 Å². The zero-order valence-electron chi connectivity index (χ0n) is 11.1. The lowest BCUT2D eigenvalue weighted by atomic mass is 10.2. The van der Waals surface area contributed by atoms with Gasteiger partial charge in [0.2, 0.25) is 11.8 Å². The van der Waals surface area contributed by atoms with E-state index in [-0.39, 0.29) is 11.8 Å². The molecule has 5 heteroatoms. The van der Waals surface area contributed by atoms with Crippen molar-refractivity contribution in [1.29, 1.82) is 0 Å². The number of thiophene rings is 1. The minimum absolute atomic E-state index is 0.0697. The summed E-state index contributed by atoms with van der Waals surface area (Å²) in [7, 11) is 1.64. The van der Waals surface area contributed by atoms with Gasteiger partial charge in [0.25, 0.3) is 0 Å². The van der Waals surface area contributed by atoms with E-state index in [0.717, 1.165) is 24.1 Å². The van der Waals surface area contributed by atoms with Crippen molar-refractivity contribution in [3.05, 3.63) is 28.5 Å². The highest BCUT2D eigenvalue weighted by Gasteiger charge is 1.98. The van der Waals surface area contributed by atoms with Crippen LogP contribution in [0.15, 0.2) is 23.6 Å². The Labute approximate surface area is 117 Å². The number of carbonyl (C=O) groups excluding carboxylic acids is 2. The first-order valence-corrected chi connectivity index (χ1v) is 7.30. The van der Waals surface area contributed by atoms with Crippen LogP contribution in [-0.4, -0.2) is 25.4 Å². The van der Waals surface area contributed by atoms with E-state index in [1.54, 1.807) is 24.5 Å². The maximum atomic E-state index is 11.5. The summed E-state index contributed by atoms with van der Waals surface area (Å²) < 4.78 is 0.